The van der Waals surface area contributed by atoms with Crippen LogP contribution in [0.1, 0.15) is 18.1 Å². The van der Waals surface area contributed by atoms with Gasteiger partial charge in [0.05, 0.1) is 6.61 Å². The molecule has 144 valence electrons. The average molecular weight is 409 g/mol. The lowest BCUT2D eigenvalue weighted by Gasteiger charge is -2.12. The number of thiocarbonyl (C=S) groups is 1. The Balaban J connectivity index is 1.45. The molecule has 28 heavy (non-hydrogen) atoms. The van der Waals surface area contributed by atoms with Gasteiger partial charge in [-0.15, -0.1) is 11.8 Å². The zero-order valence-electron chi connectivity index (χ0n) is 15.9. The first-order chi connectivity index (χ1) is 13.7. The van der Waals surface area contributed by atoms with E-state index in [1.807, 2.05) is 43.0 Å². The summed E-state index contributed by atoms with van der Waals surface area (Å²) in [6.07, 6.45) is 0. The molecule has 0 fully saturated rings. The first-order valence-electron chi connectivity index (χ1n) is 9.26. The summed E-state index contributed by atoms with van der Waals surface area (Å²) >= 11 is 7.24. The summed E-state index contributed by atoms with van der Waals surface area (Å²) in [5.41, 5.74) is 3.39. The molecule has 0 saturated heterocycles. The van der Waals surface area contributed by atoms with E-state index in [0.717, 1.165) is 22.8 Å². The summed E-state index contributed by atoms with van der Waals surface area (Å²) in [5.74, 6) is 1.83. The van der Waals surface area contributed by atoms with Crippen molar-refractivity contribution >= 4 is 34.8 Å². The van der Waals surface area contributed by atoms with E-state index in [9.17, 15) is 0 Å². The van der Waals surface area contributed by atoms with Gasteiger partial charge in [0.25, 0.3) is 0 Å². The van der Waals surface area contributed by atoms with Crippen molar-refractivity contribution < 1.29 is 4.74 Å². The lowest BCUT2D eigenvalue weighted by molar-refractivity contribution is 0.340. The SMILES string of the molecule is CCOc1cccc(CNC(=S)Nc2ccc(CSc3ccccc3)cc2)c1. The maximum Gasteiger partial charge on any atom is 0.171 e. The Hall–Kier alpha value is -2.50. The van der Waals surface area contributed by atoms with Crippen LogP contribution in [0, 0.1) is 0 Å². The molecule has 0 amide bonds. The van der Waals surface area contributed by atoms with Crippen molar-refractivity contribution in [2.24, 2.45) is 0 Å². The van der Waals surface area contributed by atoms with Crippen molar-refractivity contribution in [3.8, 4) is 5.75 Å². The third-order valence-electron chi connectivity index (χ3n) is 4.02. The second-order valence-electron chi connectivity index (χ2n) is 6.19. The molecule has 3 rings (SSSR count). The molecule has 0 radical (unpaired) electrons. The van der Waals surface area contributed by atoms with Gasteiger partial charge in [-0.05, 0) is 66.7 Å². The molecule has 3 nitrogen and oxygen atoms in total. The highest BCUT2D eigenvalue weighted by Gasteiger charge is 2.01. The molecule has 0 aliphatic heterocycles. The number of hydrogen-bond donors (Lipinski definition) is 2. The van der Waals surface area contributed by atoms with Gasteiger partial charge in [0, 0.05) is 22.9 Å². The number of nitrogens with one attached hydrogen (secondary N) is 2. The topological polar surface area (TPSA) is 33.3 Å². The first kappa shape index (κ1) is 20.2. The number of hydrogen-bond acceptors (Lipinski definition) is 3. The maximum absolute atomic E-state index is 5.53. The maximum atomic E-state index is 5.53. The third-order valence-corrected chi connectivity index (χ3v) is 5.35. The lowest BCUT2D eigenvalue weighted by Crippen LogP contribution is -2.27. The molecule has 0 spiro atoms. The molecule has 0 aliphatic carbocycles. The van der Waals surface area contributed by atoms with E-state index >= 15 is 0 Å². The molecule has 0 atom stereocenters. The van der Waals surface area contributed by atoms with Gasteiger partial charge < -0.3 is 15.4 Å². The summed E-state index contributed by atoms with van der Waals surface area (Å²) in [5, 5.41) is 7.08. The van der Waals surface area contributed by atoms with Crippen LogP contribution in [0.15, 0.2) is 83.8 Å². The Morgan fingerprint density at radius 2 is 1.71 bits per heavy atom. The zero-order chi connectivity index (χ0) is 19.6. The summed E-state index contributed by atoms with van der Waals surface area (Å²) in [4.78, 5) is 1.28. The molecule has 5 heteroatoms. The number of thioether (sulfide) groups is 1. The monoisotopic (exact) mass is 408 g/mol. The fourth-order valence-electron chi connectivity index (χ4n) is 2.64. The minimum absolute atomic E-state index is 0.605. The molecule has 0 unspecified atom stereocenters. The highest BCUT2D eigenvalue weighted by atomic mass is 32.2. The fourth-order valence-corrected chi connectivity index (χ4v) is 3.70. The number of rotatable bonds is 8. The smallest absolute Gasteiger partial charge is 0.171 e. The molecule has 3 aromatic carbocycles. The minimum atomic E-state index is 0.605. The molecule has 0 bridgehead atoms. The van der Waals surface area contributed by atoms with E-state index < -0.39 is 0 Å². The van der Waals surface area contributed by atoms with Crippen molar-refractivity contribution in [2.75, 3.05) is 11.9 Å². The Bertz CT molecular complexity index is 883. The Morgan fingerprint density at radius 1 is 0.929 bits per heavy atom. The van der Waals surface area contributed by atoms with Crippen LogP contribution < -0.4 is 15.4 Å². The van der Waals surface area contributed by atoms with Gasteiger partial charge in [0.2, 0.25) is 0 Å². The molecule has 2 N–H and O–H groups in total. The highest BCUT2D eigenvalue weighted by Crippen LogP contribution is 2.23. The predicted octanol–water partition coefficient (Wildman–Crippen LogP) is 5.86. The van der Waals surface area contributed by atoms with E-state index in [0.29, 0.717) is 18.3 Å². The molecule has 3 aromatic rings. The van der Waals surface area contributed by atoms with Crippen LogP contribution in [0.2, 0.25) is 0 Å². The van der Waals surface area contributed by atoms with Gasteiger partial charge in [-0.1, -0.05) is 42.5 Å². The van der Waals surface area contributed by atoms with Gasteiger partial charge in [0.15, 0.2) is 5.11 Å². The normalized spacial score (nSPS) is 10.3. The Kier molecular flexibility index (Phi) is 7.76. The number of ether oxygens (including phenoxy) is 1. The van der Waals surface area contributed by atoms with Crippen LogP contribution in [-0.4, -0.2) is 11.7 Å². The Labute approximate surface area is 176 Å². The number of anilines is 1. The van der Waals surface area contributed by atoms with Gasteiger partial charge in [-0.25, -0.2) is 0 Å². The van der Waals surface area contributed by atoms with Gasteiger partial charge in [0.1, 0.15) is 5.75 Å². The summed E-state index contributed by atoms with van der Waals surface area (Å²) in [6, 6.07) is 26.9. The van der Waals surface area contributed by atoms with Crippen LogP contribution in [-0.2, 0) is 12.3 Å². The second-order valence-corrected chi connectivity index (χ2v) is 7.64. The summed E-state index contributed by atoms with van der Waals surface area (Å²) in [6.45, 7) is 3.30. The lowest BCUT2D eigenvalue weighted by atomic mass is 10.2. The standard InChI is InChI=1S/C23H24N2OS2/c1-2-26-21-8-6-7-19(15-21)16-24-23(27)25-20-13-11-18(12-14-20)17-28-22-9-4-3-5-10-22/h3-15H,2,16-17H2,1H3,(H2,24,25,27). The van der Waals surface area contributed by atoms with Crippen LogP contribution >= 0.6 is 24.0 Å². The van der Waals surface area contributed by atoms with E-state index in [1.54, 1.807) is 0 Å². The van der Waals surface area contributed by atoms with Gasteiger partial charge in [-0.3, -0.25) is 0 Å². The highest BCUT2D eigenvalue weighted by molar-refractivity contribution is 7.98. The van der Waals surface area contributed by atoms with Crippen molar-refractivity contribution in [1.29, 1.82) is 0 Å². The molecular weight excluding hydrogens is 384 g/mol. The van der Waals surface area contributed by atoms with Crippen molar-refractivity contribution in [2.45, 2.75) is 24.1 Å². The van der Waals surface area contributed by atoms with E-state index in [2.05, 4.69) is 65.2 Å². The van der Waals surface area contributed by atoms with Crippen molar-refractivity contribution in [3.05, 3.63) is 90.0 Å². The molecule has 0 saturated carbocycles. The first-order valence-corrected chi connectivity index (χ1v) is 10.7. The summed E-state index contributed by atoms with van der Waals surface area (Å²) < 4.78 is 5.53. The Morgan fingerprint density at radius 3 is 2.46 bits per heavy atom. The molecule has 0 aromatic heterocycles. The van der Waals surface area contributed by atoms with Gasteiger partial charge >= 0.3 is 0 Å². The van der Waals surface area contributed by atoms with E-state index in [1.165, 1.54) is 10.5 Å². The van der Waals surface area contributed by atoms with Gasteiger partial charge in [-0.2, -0.15) is 0 Å². The quantitative estimate of drug-likeness (QED) is 0.360. The van der Waals surface area contributed by atoms with Crippen LogP contribution in [0.3, 0.4) is 0 Å². The largest absolute Gasteiger partial charge is 0.494 e. The van der Waals surface area contributed by atoms with E-state index in [-0.39, 0.29) is 0 Å². The second kappa shape index (κ2) is 10.7. The van der Waals surface area contributed by atoms with Crippen LogP contribution in [0.4, 0.5) is 5.69 Å². The predicted molar refractivity (Wildman–Crippen MR) is 123 cm³/mol. The zero-order valence-corrected chi connectivity index (χ0v) is 17.5. The van der Waals surface area contributed by atoms with Crippen LogP contribution in [0.25, 0.3) is 0 Å². The number of benzene rings is 3. The average Bonchev–Trinajstić information content (AvgIpc) is 2.73. The van der Waals surface area contributed by atoms with E-state index in [4.69, 9.17) is 17.0 Å². The fraction of sp³-hybridized carbons (Fsp3) is 0.174. The molecule has 0 heterocycles. The van der Waals surface area contributed by atoms with Crippen molar-refractivity contribution in [3.63, 3.8) is 0 Å². The van der Waals surface area contributed by atoms with Crippen molar-refractivity contribution in [1.82, 2.24) is 5.32 Å². The molecule has 0 aliphatic rings. The minimum Gasteiger partial charge on any atom is -0.494 e. The third kappa shape index (κ3) is 6.59. The van der Waals surface area contributed by atoms with Crippen LogP contribution in [0.5, 0.6) is 5.75 Å². The summed E-state index contributed by atoms with van der Waals surface area (Å²) in [7, 11) is 0. The molecular formula is C23H24N2OS2.